The number of rotatable bonds is 7. The average Bonchev–Trinajstić information content (AvgIpc) is 3.03. The lowest BCUT2D eigenvalue weighted by Gasteiger charge is -2.25. The Kier molecular flexibility index (Phi) is 5.64. The maximum absolute atomic E-state index is 12.3. The average molecular weight is 353 g/mol. The molecule has 1 aliphatic carbocycles. The molecule has 7 heteroatoms. The lowest BCUT2D eigenvalue weighted by atomic mass is 9.97. The number of carbonyl (C=O) groups is 2. The standard InChI is InChI=1S/C17H23NO5S/c1-2-3-12-24(22,23)14-8-6-13(7-9-14)15(19)18-17(16(20)21)10-4-5-11-17/h6-9H,2-5,10-12H2,1H3,(H,18,19)(H,20,21). The molecule has 1 aromatic carbocycles. The Morgan fingerprint density at radius 2 is 1.75 bits per heavy atom. The van der Waals surface area contributed by atoms with Crippen molar-refractivity contribution in [3.63, 3.8) is 0 Å². The Morgan fingerprint density at radius 1 is 1.17 bits per heavy atom. The summed E-state index contributed by atoms with van der Waals surface area (Å²) in [5, 5.41) is 12.0. The molecule has 0 radical (unpaired) electrons. The van der Waals surface area contributed by atoms with Gasteiger partial charge in [0.15, 0.2) is 9.84 Å². The van der Waals surface area contributed by atoms with Crippen molar-refractivity contribution in [3.05, 3.63) is 29.8 Å². The largest absolute Gasteiger partial charge is 0.480 e. The molecule has 2 N–H and O–H groups in total. The van der Waals surface area contributed by atoms with Crippen LogP contribution < -0.4 is 5.32 Å². The Morgan fingerprint density at radius 3 is 2.25 bits per heavy atom. The highest BCUT2D eigenvalue weighted by molar-refractivity contribution is 7.91. The number of nitrogens with one attached hydrogen (secondary N) is 1. The fourth-order valence-corrected chi connectivity index (χ4v) is 4.38. The highest BCUT2D eigenvalue weighted by Gasteiger charge is 2.42. The van der Waals surface area contributed by atoms with Crippen molar-refractivity contribution >= 4 is 21.7 Å². The molecular weight excluding hydrogens is 330 g/mol. The summed E-state index contributed by atoms with van der Waals surface area (Å²) in [6.07, 6.45) is 3.74. The van der Waals surface area contributed by atoms with Crippen LogP contribution in [0.3, 0.4) is 0 Å². The predicted molar refractivity (Wildman–Crippen MR) is 89.7 cm³/mol. The molecule has 0 aliphatic heterocycles. The van der Waals surface area contributed by atoms with Crippen molar-refractivity contribution in [2.75, 3.05) is 5.75 Å². The van der Waals surface area contributed by atoms with Crippen LogP contribution >= 0.6 is 0 Å². The predicted octanol–water partition coefficient (Wildman–Crippen LogP) is 2.39. The number of benzene rings is 1. The van der Waals surface area contributed by atoms with Gasteiger partial charge in [-0.05, 0) is 43.5 Å². The first-order valence-corrected chi connectivity index (χ1v) is 9.85. The number of hydrogen-bond donors (Lipinski definition) is 2. The topological polar surface area (TPSA) is 101 Å². The summed E-state index contributed by atoms with van der Waals surface area (Å²) in [7, 11) is -3.34. The quantitative estimate of drug-likeness (QED) is 0.784. The van der Waals surface area contributed by atoms with Gasteiger partial charge in [-0.15, -0.1) is 0 Å². The summed E-state index contributed by atoms with van der Waals surface area (Å²) in [6, 6.07) is 5.67. The van der Waals surface area contributed by atoms with Gasteiger partial charge in [-0.1, -0.05) is 26.2 Å². The van der Waals surface area contributed by atoms with Crippen LogP contribution in [0.15, 0.2) is 29.2 Å². The van der Waals surface area contributed by atoms with Crippen LogP contribution in [0.25, 0.3) is 0 Å². The Labute approximate surface area is 142 Å². The fourth-order valence-electron chi connectivity index (χ4n) is 2.93. The zero-order chi connectivity index (χ0) is 17.8. The minimum atomic E-state index is -3.34. The molecule has 0 saturated heterocycles. The van der Waals surface area contributed by atoms with Crippen LogP contribution in [-0.4, -0.2) is 36.7 Å². The van der Waals surface area contributed by atoms with Crippen molar-refractivity contribution in [2.45, 2.75) is 55.9 Å². The number of carbonyl (C=O) groups excluding carboxylic acids is 1. The van der Waals surface area contributed by atoms with Crippen molar-refractivity contribution in [1.82, 2.24) is 5.32 Å². The van der Waals surface area contributed by atoms with Crippen molar-refractivity contribution in [2.24, 2.45) is 0 Å². The third-order valence-corrected chi connectivity index (χ3v) is 6.28. The number of unbranched alkanes of at least 4 members (excludes halogenated alkanes) is 1. The third-order valence-electron chi connectivity index (χ3n) is 4.46. The highest BCUT2D eigenvalue weighted by atomic mass is 32.2. The van der Waals surface area contributed by atoms with Crippen molar-refractivity contribution in [3.8, 4) is 0 Å². The van der Waals surface area contributed by atoms with E-state index < -0.39 is 27.3 Å². The van der Waals surface area contributed by atoms with Gasteiger partial charge in [0.1, 0.15) is 5.54 Å². The molecule has 0 spiro atoms. The second-order valence-electron chi connectivity index (χ2n) is 6.25. The molecule has 1 aromatic rings. The summed E-state index contributed by atoms with van der Waals surface area (Å²) in [5.74, 6) is -1.43. The first-order chi connectivity index (χ1) is 11.3. The van der Waals surface area contributed by atoms with E-state index >= 15 is 0 Å². The lowest BCUT2D eigenvalue weighted by molar-refractivity contribution is -0.144. The van der Waals surface area contributed by atoms with E-state index in [2.05, 4.69) is 5.32 Å². The van der Waals surface area contributed by atoms with Gasteiger partial charge < -0.3 is 10.4 Å². The Balaban J connectivity index is 2.13. The van der Waals surface area contributed by atoms with Gasteiger partial charge in [0.2, 0.25) is 0 Å². The van der Waals surface area contributed by atoms with Gasteiger partial charge in [0, 0.05) is 5.56 Å². The summed E-state index contributed by atoms with van der Waals surface area (Å²) < 4.78 is 24.2. The normalized spacial score (nSPS) is 16.7. The fraction of sp³-hybridized carbons (Fsp3) is 0.529. The molecule has 132 valence electrons. The van der Waals surface area contributed by atoms with Crippen LogP contribution in [0.2, 0.25) is 0 Å². The number of carboxylic acid groups (broad SMARTS) is 1. The third kappa shape index (κ3) is 3.95. The second kappa shape index (κ2) is 7.34. The molecule has 1 amide bonds. The first-order valence-electron chi connectivity index (χ1n) is 8.19. The maximum Gasteiger partial charge on any atom is 0.329 e. The molecule has 0 bridgehead atoms. The van der Waals surface area contributed by atoms with Gasteiger partial charge >= 0.3 is 5.97 Å². The number of hydrogen-bond acceptors (Lipinski definition) is 4. The van der Waals surface area contributed by atoms with Crippen LogP contribution in [0.1, 0.15) is 55.8 Å². The molecule has 1 fully saturated rings. The monoisotopic (exact) mass is 353 g/mol. The van der Waals surface area contributed by atoms with Crippen molar-refractivity contribution < 1.29 is 23.1 Å². The van der Waals surface area contributed by atoms with E-state index in [1.807, 2.05) is 6.92 Å². The van der Waals surface area contributed by atoms with E-state index in [4.69, 9.17) is 0 Å². The molecule has 0 atom stereocenters. The van der Waals surface area contributed by atoms with Gasteiger partial charge in [-0.25, -0.2) is 13.2 Å². The number of sulfone groups is 1. The smallest absolute Gasteiger partial charge is 0.329 e. The molecule has 6 nitrogen and oxygen atoms in total. The van der Waals surface area contributed by atoms with Crippen LogP contribution in [0.4, 0.5) is 0 Å². The molecular formula is C17H23NO5S. The minimum Gasteiger partial charge on any atom is -0.480 e. The molecule has 0 unspecified atom stereocenters. The van der Waals surface area contributed by atoms with E-state index in [0.717, 1.165) is 19.3 Å². The molecule has 1 aliphatic rings. The van der Waals surface area contributed by atoms with E-state index in [1.54, 1.807) is 0 Å². The van der Waals surface area contributed by atoms with E-state index in [0.29, 0.717) is 19.3 Å². The molecule has 2 rings (SSSR count). The van der Waals surface area contributed by atoms with Crippen molar-refractivity contribution in [1.29, 1.82) is 0 Å². The molecule has 24 heavy (non-hydrogen) atoms. The van der Waals surface area contributed by atoms with E-state index in [9.17, 15) is 23.1 Å². The second-order valence-corrected chi connectivity index (χ2v) is 8.35. The van der Waals surface area contributed by atoms with Gasteiger partial charge in [-0.2, -0.15) is 0 Å². The summed E-state index contributed by atoms with van der Waals surface area (Å²) in [5.41, 5.74) is -0.944. The van der Waals surface area contributed by atoms with Gasteiger partial charge in [0.25, 0.3) is 5.91 Å². The highest BCUT2D eigenvalue weighted by Crippen LogP contribution is 2.30. The summed E-state index contributed by atoms with van der Waals surface area (Å²) >= 11 is 0. The lowest BCUT2D eigenvalue weighted by Crippen LogP contribution is -2.52. The minimum absolute atomic E-state index is 0.0805. The number of carboxylic acids is 1. The molecule has 0 aromatic heterocycles. The maximum atomic E-state index is 12.3. The Bertz CT molecular complexity index is 703. The van der Waals surface area contributed by atoms with Gasteiger partial charge in [-0.3, -0.25) is 4.79 Å². The SMILES string of the molecule is CCCCS(=O)(=O)c1ccc(C(=O)NC2(C(=O)O)CCCC2)cc1. The zero-order valence-electron chi connectivity index (χ0n) is 13.7. The summed E-state index contributed by atoms with van der Waals surface area (Å²) in [6.45, 7) is 1.92. The summed E-state index contributed by atoms with van der Waals surface area (Å²) in [4.78, 5) is 24.0. The van der Waals surface area contributed by atoms with E-state index in [1.165, 1.54) is 24.3 Å². The van der Waals surface area contributed by atoms with Gasteiger partial charge in [0.05, 0.1) is 10.6 Å². The number of amides is 1. The van der Waals surface area contributed by atoms with Crippen LogP contribution in [-0.2, 0) is 14.6 Å². The van der Waals surface area contributed by atoms with Crippen LogP contribution in [0, 0.1) is 0 Å². The molecule has 0 heterocycles. The van der Waals surface area contributed by atoms with E-state index in [-0.39, 0.29) is 16.2 Å². The van der Waals surface area contributed by atoms with Crippen LogP contribution in [0.5, 0.6) is 0 Å². The first kappa shape index (κ1) is 18.4. The zero-order valence-corrected chi connectivity index (χ0v) is 14.6. The Hall–Kier alpha value is -1.89. The number of aliphatic carboxylic acids is 1. The molecule has 1 saturated carbocycles.